The van der Waals surface area contributed by atoms with Gasteiger partial charge >= 0.3 is 0 Å². The van der Waals surface area contributed by atoms with E-state index in [2.05, 4.69) is 10.6 Å². The van der Waals surface area contributed by atoms with Crippen LogP contribution in [0.5, 0.6) is 0 Å². The molecule has 0 aromatic heterocycles. The molecule has 4 nitrogen and oxygen atoms in total. The maximum atomic E-state index is 11.3. The molecule has 7 heteroatoms. The van der Waals surface area contributed by atoms with Crippen molar-refractivity contribution in [1.29, 1.82) is 0 Å². The number of sulfone groups is 1. The summed E-state index contributed by atoms with van der Waals surface area (Å²) in [5.41, 5.74) is 0.779. The Hall–Kier alpha value is -0.850. The van der Waals surface area contributed by atoms with Gasteiger partial charge in [0.15, 0.2) is 14.9 Å². The molecule has 0 spiro atoms. The second kappa shape index (κ2) is 5.42. The third-order valence-corrected chi connectivity index (χ3v) is 4.87. The van der Waals surface area contributed by atoms with Crippen LogP contribution >= 0.6 is 23.8 Å². The molecule has 0 aliphatic carbocycles. The van der Waals surface area contributed by atoms with E-state index in [1.54, 1.807) is 12.1 Å². The lowest BCUT2D eigenvalue weighted by molar-refractivity contribution is 0.600. The fourth-order valence-corrected chi connectivity index (χ4v) is 3.98. The van der Waals surface area contributed by atoms with E-state index in [0.717, 1.165) is 5.69 Å². The Balaban J connectivity index is 1.90. The zero-order chi connectivity index (χ0) is 13.2. The molecule has 0 bridgehead atoms. The highest BCUT2D eigenvalue weighted by molar-refractivity contribution is 7.91. The van der Waals surface area contributed by atoms with E-state index >= 15 is 0 Å². The van der Waals surface area contributed by atoms with Crippen LogP contribution in [0.3, 0.4) is 0 Å². The average Bonchev–Trinajstić information content (AvgIpc) is 2.57. The Kier molecular flexibility index (Phi) is 4.09. The minimum atomic E-state index is -2.89. The number of anilines is 1. The van der Waals surface area contributed by atoms with E-state index in [9.17, 15) is 8.42 Å². The highest BCUT2D eigenvalue weighted by Gasteiger charge is 2.28. The Morgan fingerprint density at radius 2 is 2.22 bits per heavy atom. The molecule has 1 atom stereocenters. The van der Waals surface area contributed by atoms with Crippen molar-refractivity contribution in [2.75, 3.05) is 16.8 Å². The molecule has 1 aromatic carbocycles. The normalized spacial score (nSPS) is 21.5. The fourth-order valence-electron chi connectivity index (χ4n) is 1.83. The number of hydrogen-bond acceptors (Lipinski definition) is 3. The maximum Gasteiger partial charge on any atom is 0.171 e. The van der Waals surface area contributed by atoms with E-state index in [0.29, 0.717) is 16.6 Å². The molecule has 1 unspecified atom stereocenters. The van der Waals surface area contributed by atoms with Crippen molar-refractivity contribution in [3.05, 3.63) is 29.3 Å². The van der Waals surface area contributed by atoms with E-state index < -0.39 is 9.84 Å². The quantitative estimate of drug-likeness (QED) is 0.816. The molecular weight excluding hydrogens is 292 g/mol. The highest BCUT2D eigenvalue weighted by atomic mass is 35.5. The van der Waals surface area contributed by atoms with Crippen LogP contribution < -0.4 is 10.6 Å². The SMILES string of the molecule is O=S1(=O)CCC(NC(=S)Nc2cccc(Cl)c2)C1. The zero-order valence-electron chi connectivity index (χ0n) is 9.52. The van der Waals surface area contributed by atoms with Gasteiger partial charge in [-0.2, -0.15) is 0 Å². The highest BCUT2D eigenvalue weighted by Crippen LogP contribution is 2.15. The maximum absolute atomic E-state index is 11.3. The zero-order valence-corrected chi connectivity index (χ0v) is 11.9. The van der Waals surface area contributed by atoms with Crippen LogP contribution in [0.1, 0.15) is 6.42 Å². The number of benzene rings is 1. The van der Waals surface area contributed by atoms with Crippen molar-refractivity contribution in [2.24, 2.45) is 0 Å². The van der Waals surface area contributed by atoms with Crippen molar-refractivity contribution in [1.82, 2.24) is 5.32 Å². The lowest BCUT2D eigenvalue weighted by Crippen LogP contribution is -2.38. The van der Waals surface area contributed by atoms with Crippen molar-refractivity contribution < 1.29 is 8.42 Å². The predicted molar refractivity (Wildman–Crippen MR) is 77.9 cm³/mol. The van der Waals surface area contributed by atoms with E-state index in [1.165, 1.54) is 0 Å². The van der Waals surface area contributed by atoms with Crippen molar-refractivity contribution in [3.8, 4) is 0 Å². The average molecular weight is 305 g/mol. The summed E-state index contributed by atoms with van der Waals surface area (Å²) in [4.78, 5) is 0. The molecule has 1 fully saturated rings. The molecule has 1 aliphatic heterocycles. The molecule has 0 saturated carbocycles. The van der Waals surface area contributed by atoms with Gasteiger partial charge in [-0.1, -0.05) is 17.7 Å². The van der Waals surface area contributed by atoms with E-state index in [-0.39, 0.29) is 17.5 Å². The van der Waals surface area contributed by atoms with Crippen LogP contribution in [0.2, 0.25) is 5.02 Å². The number of halogens is 1. The summed E-state index contributed by atoms with van der Waals surface area (Å²) in [7, 11) is -2.89. The van der Waals surface area contributed by atoms with E-state index in [1.807, 2.05) is 12.1 Å². The van der Waals surface area contributed by atoms with Gasteiger partial charge < -0.3 is 10.6 Å². The van der Waals surface area contributed by atoms with Crippen LogP contribution in [0.15, 0.2) is 24.3 Å². The summed E-state index contributed by atoms with van der Waals surface area (Å²) in [6, 6.07) is 7.07. The fraction of sp³-hybridized carbons (Fsp3) is 0.364. The molecule has 1 saturated heterocycles. The smallest absolute Gasteiger partial charge is 0.171 e. The summed E-state index contributed by atoms with van der Waals surface area (Å²) in [5, 5.41) is 7.01. The van der Waals surface area contributed by atoms with Crippen molar-refractivity contribution in [2.45, 2.75) is 12.5 Å². The molecular formula is C11H13ClN2O2S2. The summed E-state index contributed by atoms with van der Waals surface area (Å²) in [5.74, 6) is 0.370. The molecule has 2 rings (SSSR count). The summed E-state index contributed by atoms with van der Waals surface area (Å²) < 4.78 is 22.6. The summed E-state index contributed by atoms with van der Waals surface area (Å²) in [6.07, 6.45) is 0.597. The van der Waals surface area contributed by atoms with Gasteiger partial charge in [-0.05, 0) is 36.8 Å². The Labute approximate surface area is 117 Å². The molecule has 1 aliphatic rings. The Morgan fingerprint density at radius 3 is 2.83 bits per heavy atom. The summed E-state index contributed by atoms with van der Waals surface area (Å²) >= 11 is 11.0. The minimum Gasteiger partial charge on any atom is -0.359 e. The first-order chi connectivity index (χ1) is 8.44. The van der Waals surface area contributed by atoms with E-state index in [4.69, 9.17) is 23.8 Å². The molecule has 2 N–H and O–H groups in total. The van der Waals surface area contributed by atoms with Crippen LogP contribution in [0, 0.1) is 0 Å². The van der Waals surface area contributed by atoms with Gasteiger partial charge in [-0.25, -0.2) is 8.42 Å². The van der Waals surface area contributed by atoms with Crippen LogP contribution in [-0.2, 0) is 9.84 Å². The van der Waals surface area contributed by atoms with Crippen LogP contribution in [0.25, 0.3) is 0 Å². The molecule has 1 heterocycles. The minimum absolute atomic E-state index is 0.103. The largest absolute Gasteiger partial charge is 0.359 e. The van der Waals surface area contributed by atoms with Gasteiger partial charge in [0.2, 0.25) is 0 Å². The van der Waals surface area contributed by atoms with Crippen molar-refractivity contribution in [3.63, 3.8) is 0 Å². The molecule has 18 heavy (non-hydrogen) atoms. The third-order valence-electron chi connectivity index (χ3n) is 2.65. The van der Waals surface area contributed by atoms with Gasteiger partial charge in [-0.15, -0.1) is 0 Å². The predicted octanol–water partition coefficient (Wildman–Crippen LogP) is 1.81. The van der Waals surface area contributed by atoms with Gasteiger partial charge in [0.1, 0.15) is 0 Å². The Bertz CT molecular complexity index is 560. The lowest BCUT2D eigenvalue weighted by atomic mass is 10.3. The lowest BCUT2D eigenvalue weighted by Gasteiger charge is -2.14. The molecule has 0 amide bonds. The summed E-state index contributed by atoms with van der Waals surface area (Å²) in [6.45, 7) is 0. The molecule has 98 valence electrons. The first kappa shape index (κ1) is 13.6. The second-order valence-corrected chi connectivity index (χ2v) is 7.28. The number of hydrogen-bond donors (Lipinski definition) is 2. The van der Waals surface area contributed by atoms with Gasteiger partial charge in [0.05, 0.1) is 11.5 Å². The third kappa shape index (κ3) is 3.83. The molecule has 0 radical (unpaired) electrons. The molecule has 1 aromatic rings. The van der Waals surface area contributed by atoms with Gasteiger partial charge in [0.25, 0.3) is 0 Å². The van der Waals surface area contributed by atoms with Gasteiger partial charge in [0, 0.05) is 16.8 Å². The topological polar surface area (TPSA) is 58.2 Å². The second-order valence-electron chi connectivity index (χ2n) is 4.21. The van der Waals surface area contributed by atoms with Crippen LogP contribution in [-0.4, -0.2) is 31.1 Å². The van der Waals surface area contributed by atoms with Crippen LogP contribution in [0.4, 0.5) is 5.69 Å². The number of thiocarbonyl (C=S) groups is 1. The number of nitrogens with one attached hydrogen (secondary N) is 2. The van der Waals surface area contributed by atoms with Gasteiger partial charge in [-0.3, -0.25) is 0 Å². The first-order valence-corrected chi connectivity index (χ1v) is 8.09. The Morgan fingerprint density at radius 1 is 1.44 bits per heavy atom. The first-order valence-electron chi connectivity index (χ1n) is 5.48. The monoisotopic (exact) mass is 304 g/mol. The standard InChI is InChI=1S/C11H13ClN2O2S2/c12-8-2-1-3-9(6-8)13-11(17)14-10-4-5-18(15,16)7-10/h1-3,6,10H,4-5,7H2,(H2,13,14,17). The van der Waals surface area contributed by atoms with Crippen molar-refractivity contribution >= 4 is 44.5 Å². The number of rotatable bonds is 2.